The third-order valence-electron chi connectivity index (χ3n) is 6.26. The first-order chi connectivity index (χ1) is 20.6. The molecule has 240 valence electrons. The minimum Gasteiger partial charge on any atom is -0.480 e. The number of rotatable bonds is 23. The number of H-pyrrole nitrogens is 1. The van der Waals surface area contributed by atoms with E-state index in [-0.39, 0.29) is 38.2 Å². The van der Waals surface area contributed by atoms with Crippen LogP contribution in [0.5, 0.6) is 0 Å². The van der Waals surface area contributed by atoms with E-state index in [2.05, 4.69) is 46.5 Å². The first-order valence-corrected chi connectivity index (χ1v) is 14.0. The summed E-state index contributed by atoms with van der Waals surface area (Å²) in [5.41, 5.74) is 33.5. The number of hydrogen-bond donors (Lipinski definition) is 10. The summed E-state index contributed by atoms with van der Waals surface area (Å²) in [7, 11) is 0. The molecule has 1 rings (SSSR count). The van der Waals surface area contributed by atoms with E-state index in [0.29, 0.717) is 50.9 Å². The molecule has 0 aliphatic carbocycles. The van der Waals surface area contributed by atoms with Crippen LogP contribution < -0.4 is 44.3 Å². The summed E-state index contributed by atoms with van der Waals surface area (Å²) in [5, 5.41) is 20.6. The zero-order valence-electron chi connectivity index (χ0n) is 24.1. The molecule has 14 N–H and O–H groups in total. The van der Waals surface area contributed by atoms with Crippen molar-refractivity contribution in [3.05, 3.63) is 28.7 Å². The molecule has 0 saturated heterocycles. The normalized spacial score (nSPS) is 13.3. The highest BCUT2D eigenvalue weighted by Gasteiger charge is 2.30. The monoisotopic (exact) mass is 608 g/mol. The lowest BCUT2D eigenvalue weighted by Gasteiger charge is -2.25. The molecule has 0 fully saturated rings. The Hall–Kier alpha value is -4.61. The van der Waals surface area contributed by atoms with Crippen molar-refractivity contribution in [3.63, 3.8) is 0 Å². The molecule has 43 heavy (non-hydrogen) atoms. The van der Waals surface area contributed by atoms with Gasteiger partial charge in [-0.05, 0) is 63.1 Å². The lowest BCUT2D eigenvalue weighted by molar-refractivity contribution is -0.142. The molecule has 19 nitrogen and oxygen atoms in total. The molecule has 0 aliphatic heterocycles. The van der Waals surface area contributed by atoms with E-state index in [4.69, 9.17) is 28.5 Å². The molecule has 0 spiro atoms. The summed E-state index contributed by atoms with van der Waals surface area (Å²) in [6.45, 7) is 0.986. The predicted octanol–water partition coefficient (Wildman–Crippen LogP) is -2.01. The van der Waals surface area contributed by atoms with Gasteiger partial charge in [0.25, 0.3) is 0 Å². The number of carboxylic acid groups (broad SMARTS) is 1. The van der Waals surface area contributed by atoms with Crippen LogP contribution in [0.2, 0.25) is 0 Å². The van der Waals surface area contributed by atoms with Crippen LogP contribution in [0.15, 0.2) is 22.7 Å². The number of aliphatic carboxylic acids is 1. The quantitative estimate of drug-likeness (QED) is 0.0123. The van der Waals surface area contributed by atoms with E-state index in [1.807, 2.05) is 0 Å². The molecule has 1 aromatic heterocycles. The van der Waals surface area contributed by atoms with Crippen LogP contribution in [0, 0.1) is 0 Å². The van der Waals surface area contributed by atoms with Crippen molar-refractivity contribution in [2.75, 3.05) is 19.6 Å². The number of azide groups is 1. The molecule has 3 amide bonds. The molecular formula is C24H44N14O5. The van der Waals surface area contributed by atoms with E-state index in [1.165, 1.54) is 12.5 Å². The molecule has 0 aromatic carbocycles. The first-order valence-electron chi connectivity index (χ1n) is 14.0. The minimum atomic E-state index is -1.23. The van der Waals surface area contributed by atoms with E-state index < -0.39 is 47.9 Å². The van der Waals surface area contributed by atoms with E-state index in [0.717, 1.165) is 0 Å². The van der Waals surface area contributed by atoms with Gasteiger partial charge in [-0.2, -0.15) is 4.91 Å². The number of aromatic nitrogens is 2. The summed E-state index contributed by atoms with van der Waals surface area (Å²) < 4.78 is 0. The number of nitrogens with one attached hydrogen (secondary N) is 5. The van der Waals surface area contributed by atoms with Gasteiger partial charge < -0.3 is 49.0 Å². The Balaban J connectivity index is 2.95. The standard InChI is InChI=1S/C24H44N14O5/c25-9-3-1-7-17(21(40)35-18(23(42)43)8-2-4-11-33-38-37-29)34-22(41)19(12-15-13-30-14-32-15)36-20(39)16(26)6-5-10-31-24(27)28/h13-14,16-19,33H,1-12,25-26H2,(H,30,32)(H,34,41)(H,35,40)(H,36,39)(H,42,43)(H4,27,28,31)/t16-,17-,18-,19-/m0/s1. The minimum absolute atomic E-state index is 0.0249. The predicted molar refractivity (Wildman–Crippen MR) is 158 cm³/mol. The number of guanidine groups is 1. The number of nitrogens with zero attached hydrogens (tertiary/aromatic N) is 5. The molecule has 1 aromatic rings. The zero-order chi connectivity index (χ0) is 32.0. The summed E-state index contributed by atoms with van der Waals surface area (Å²) in [6, 6.07) is -4.38. The second-order valence-corrected chi connectivity index (χ2v) is 9.74. The van der Waals surface area contributed by atoms with Gasteiger partial charge >= 0.3 is 5.97 Å². The second kappa shape index (κ2) is 21.1. The Labute approximate surface area is 249 Å². The number of nitrogens with two attached hydrogens (primary N) is 4. The molecule has 0 saturated carbocycles. The lowest BCUT2D eigenvalue weighted by Crippen LogP contribution is -2.57. The number of amides is 3. The zero-order valence-corrected chi connectivity index (χ0v) is 24.1. The fraction of sp³-hybridized carbons (Fsp3) is 0.667. The number of unbranched alkanes of at least 4 members (excludes halogenated alkanes) is 2. The van der Waals surface area contributed by atoms with Gasteiger partial charge in [-0.25, -0.2) is 9.78 Å². The Bertz CT molecular complexity index is 1070. The fourth-order valence-electron chi connectivity index (χ4n) is 3.95. The third kappa shape index (κ3) is 15.8. The van der Waals surface area contributed by atoms with Gasteiger partial charge in [0.1, 0.15) is 18.1 Å². The SMILES string of the molecule is [N-]=[N+]=NNCCCC[C@H](NC(=O)[C@H](CCCCN)NC(=O)[C@H](Cc1cnc[nH]1)NC(=O)[C@@H](N)CCCN=C(N)N)C(=O)O. The summed E-state index contributed by atoms with van der Waals surface area (Å²) in [4.78, 5) is 64.5. The Morgan fingerprint density at radius 2 is 1.60 bits per heavy atom. The highest BCUT2D eigenvalue weighted by atomic mass is 16.4. The van der Waals surface area contributed by atoms with Crippen molar-refractivity contribution in [2.24, 2.45) is 33.2 Å². The van der Waals surface area contributed by atoms with Crippen LogP contribution in [0.25, 0.3) is 10.4 Å². The summed E-state index contributed by atoms with van der Waals surface area (Å²) in [6.07, 6.45) is 5.90. The van der Waals surface area contributed by atoms with Crippen LogP contribution in [-0.4, -0.2) is 88.5 Å². The van der Waals surface area contributed by atoms with Gasteiger partial charge in [0.15, 0.2) is 5.96 Å². The number of aliphatic imine (C=N–C) groups is 1. The van der Waals surface area contributed by atoms with Crippen molar-refractivity contribution in [1.29, 1.82) is 0 Å². The van der Waals surface area contributed by atoms with Crippen molar-refractivity contribution >= 4 is 29.7 Å². The van der Waals surface area contributed by atoms with Gasteiger partial charge in [0.2, 0.25) is 17.7 Å². The van der Waals surface area contributed by atoms with Gasteiger partial charge in [-0.15, -0.1) is 5.53 Å². The first kappa shape index (κ1) is 36.4. The van der Waals surface area contributed by atoms with E-state index in [1.54, 1.807) is 0 Å². The summed E-state index contributed by atoms with van der Waals surface area (Å²) in [5.74, 6) is -3.25. The molecule has 0 bridgehead atoms. The number of aromatic amines is 1. The number of carbonyl (C=O) groups is 4. The highest BCUT2D eigenvalue weighted by Crippen LogP contribution is 2.08. The average molecular weight is 609 g/mol. The molecule has 1 heterocycles. The molecule has 0 unspecified atom stereocenters. The Morgan fingerprint density at radius 3 is 2.23 bits per heavy atom. The second-order valence-electron chi connectivity index (χ2n) is 9.74. The maximum Gasteiger partial charge on any atom is 0.326 e. The van der Waals surface area contributed by atoms with Crippen LogP contribution in [0.4, 0.5) is 0 Å². The average Bonchev–Trinajstić information content (AvgIpc) is 3.48. The van der Waals surface area contributed by atoms with Crippen LogP contribution >= 0.6 is 0 Å². The number of hydrogen-bond acceptors (Lipinski definition) is 9. The number of carboxylic acids is 1. The largest absolute Gasteiger partial charge is 0.480 e. The molecule has 19 heteroatoms. The Kier molecular flexibility index (Phi) is 17.9. The van der Waals surface area contributed by atoms with Crippen molar-refractivity contribution in [3.8, 4) is 0 Å². The van der Waals surface area contributed by atoms with Crippen LogP contribution in [0.3, 0.4) is 0 Å². The molecule has 0 aliphatic rings. The smallest absolute Gasteiger partial charge is 0.326 e. The Morgan fingerprint density at radius 1 is 0.953 bits per heavy atom. The maximum absolute atomic E-state index is 13.4. The van der Waals surface area contributed by atoms with E-state index in [9.17, 15) is 24.3 Å². The number of imidazole rings is 1. The fourth-order valence-corrected chi connectivity index (χ4v) is 3.95. The number of carbonyl (C=O) groups excluding carboxylic acids is 3. The third-order valence-corrected chi connectivity index (χ3v) is 6.26. The topological polar surface area (TPSA) is 331 Å². The van der Waals surface area contributed by atoms with Crippen LogP contribution in [-0.2, 0) is 25.6 Å². The molecule has 0 radical (unpaired) electrons. The lowest BCUT2D eigenvalue weighted by atomic mass is 10.0. The highest BCUT2D eigenvalue weighted by molar-refractivity contribution is 5.94. The maximum atomic E-state index is 13.4. The van der Waals surface area contributed by atoms with Gasteiger partial charge in [-0.1, -0.05) is 0 Å². The van der Waals surface area contributed by atoms with Crippen LogP contribution in [0.1, 0.15) is 57.1 Å². The van der Waals surface area contributed by atoms with Crippen molar-refractivity contribution < 1.29 is 24.3 Å². The summed E-state index contributed by atoms with van der Waals surface area (Å²) >= 11 is 0. The molecule has 4 atom stereocenters. The van der Waals surface area contributed by atoms with Gasteiger partial charge in [0, 0.05) is 24.9 Å². The van der Waals surface area contributed by atoms with Gasteiger partial charge in [-0.3, -0.25) is 24.8 Å². The van der Waals surface area contributed by atoms with Crippen molar-refractivity contribution in [1.82, 2.24) is 31.3 Å². The molecular weight excluding hydrogens is 564 g/mol. The van der Waals surface area contributed by atoms with Gasteiger partial charge in [0.05, 0.1) is 18.9 Å². The van der Waals surface area contributed by atoms with Crippen molar-refractivity contribution in [2.45, 2.75) is 82.0 Å². The van der Waals surface area contributed by atoms with E-state index >= 15 is 0 Å².